The van der Waals surface area contributed by atoms with Gasteiger partial charge in [0.25, 0.3) is 0 Å². The Labute approximate surface area is 119 Å². The van der Waals surface area contributed by atoms with E-state index in [0.717, 1.165) is 38.8 Å². The average molecular weight is 271 g/mol. The van der Waals surface area contributed by atoms with E-state index in [0.29, 0.717) is 5.41 Å². The molecule has 1 rings (SSSR count). The maximum absolute atomic E-state index is 6.00. The third-order valence-corrected chi connectivity index (χ3v) is 4.25. The van der Waals surface area contributed by atoms with Crippen LogP contribution in [-0.4, -0.2) is 40.0 Å². The summed E-state index contributed by atoms with van der Waals surface area (Å²) in [6, 6.07) is 0. The van der Waals surface area contributed by atoms with Crippen LogP contribution >= 0.6 is 0 Å². The molecule has 1 fully saturated rings. The van der Waals surface area contributed by atoms with Crippen molar-refractivity contribution in [3.05, 3.63) is 0 Å². The van der Waals surface area contributed by atoms with Crippen molar-refractivity contribution in [2.24, 2.45) is 11.3 Å². The molecule has 3 nitrogen and oxygen atoms in total. The molecule has 0 radical (unpaired) electrons. The number of nitrogens with one attached hydrogen (secondary N) is 1. The second-order valence-electron chi connectivity index (χ2n) is 6.09. The van der Waals surface area contributed by atoms with E-state index in [1.807, 2.05) is 0 Å². The molecule has 1 N–H and O–H groups in total. The number of hydrogen-bond acceptors (Lipinski definition) is 3. The Kier molecular flexibility index (Phi) is 8.67. The fraction of sp³-hybridized carbons (Fsp3) is 1.00. The summed E-state index contributed by atoms with van der Waals surface area (Å²) in [7, 11) is 1.75. The lowest BCUT2D eigenvalue weighted by atomic mass is 9.80. The molecule has 0 aromatic heterocycles. The van der Waals surface area contributed by atoms with Gasteiger partial charge in [-0.2, -0.15) is 0 Å². The molecule has 0 aromatic carbocycles. The first-order valence-electron chi connectivity index (χ1n) is 8.03. The Morgan fingerprint density at radius 3 is 2.63 bits per heavy atom. The highest BCUT2D eigenvalue weighted by Gasteiger charge is 2.29. The standard InChI is InChI=1S/C16H33NO2/c1-4-6-9-16(5-2,13-17-10-11-18-3)14-19-12-15-7-8-15/h15,17H,4-14H2,1-3H3. The summed E-state index contributed by atoms with van der Waals surface area (Å²) in [6.07, 6.45) is 7.78. The van der Waals surface area contributed by atoms with Gasteiger partial charge in [0.05, 0.1) is 13.2 Å². The largest absolute Gasteiger partial charge is 0.383 e. The minimum atomic E-state index is 0.318. The van der Waals surface area contributed by atoms with Gasteiger partial charge in [-0.3, -0.25) is 0 Å². The van der Waals surface area contributed by atoms with Crippen molar-refractivity contribution in [2.75, 3.05) is 40.0 Å². The Morgan fingerprint density at radius 2 is 2.05 bits per heavy atom. The minimum absolute atomic E-state index is 0.318. The fourth-order valence-corrected chi connectivity index (χ4v) is 2.42. The van der Waals surface area contributed by atoms with Crippen molar-refractivity contribution in [1.82, 2.24) is 5.32 Å². The van der Waals surface area contributed by atoms with Crippen molar-refractivity contribution in [3.63, 3.8) is 0 Å². The molecule has 0 amide bonds. The Balaban J connectivity index is 2.32. The van der Waals surface area contributed by atoms with Crippen LogP contribution in [0.2, 0.25) is 0 Å². The molecule has 1 aliphatic carbocycles. The normalized spacial score (nSPS) is 18.5. The van der Waals surface area contributed by atoms with Crippen LogP contribution < -0.4 is 5.32 Å². The van der Waals surface area contributed by atoms with E-state index in [4.69, 9.17) is 9.47 Å². The first-order valence-corrected chi connectivity index (χ1v) is 8.03. The highest BCUT2D eigenvalue weighted by molar-refractivity contribution is 4.81. The highest BCUT2D eigenvalue weighted by Crippen LogP contribution is 2.32. The minimum Gasteiger partial charge on any atom is -0.383 e. The van der Waals surface area contributed by atoms with Gasteiger partial charge in [0.1, 0.15) is 0 Å². The van der Waals surface area contributed by atoms with Crippen molar-refractivity contribution < 1.29 is 9.47 Å². The molecule has 19 heavy (non-hydrogen) atoms. The monoisotopic (exact) mass is 271 g/mol. The number of hydrogen-bond donors (Lipinski definition) is 1. The van der Waals surface area contributed by atoms with Gasteiger partial charge in [-0.25, -0.2) is 0 Å². The maximum Gasteiger partial charge on any atom is 0.0587 e. The van der Waals surface area contributed by atoms with Gasteiger partial charge in [0.15, 0.2) is 0 Å². The first kappa shape index (κ1) is 16.9. The maximum atomic E-state index is 6.00. The van der Waals surface area contributed by atoms with Crippen LogP contribution in [0, 0.1) is 11.3 Å². The second-order valence-corrected chi connectivity index (χ2v) is 6.09. The molecule has 1 saturated carbocycles. The Morgan fingerprint density at radius 1 is 1.26 bits per heavy atom. The topological polar surface area (TPSA) is 30.5 Å². The molecular formula is C16H33NO2. The van der Waals surface area contributed by atoms with Crippen molar-refractivity contribution in [1.29, 1.82) is 0 Å². The summed E-state index contributed by atoms with van der Waals surface area (Å²) >= 11 is 0. The van der Waals surface area contributed by atoms with E-state index < -0.39 is 0 Å². The van der Waals surface area contributed by atoms with Gasteiger partial charge in [-0.1, -0.05) is 26.7 Å². The molecule has 1 aliphatic rings. The lowest BCUT2D eigenvalue weighted by Crippen LogP contribution is -2.39. The summed E-state index contributed by atoms with van der Waals surface area (Å²) in [5.41, 5.74) is 0.318. The van der Waals surface area contributed by atoms with Crippen LogP contribution in [0.3, 0.4) is 0 Å². The molecule has 3 heteroatoms. The quantitative estimate of drug-likeness (QED) is 0.522. The van der Waals surface area contributed by atoms with Crippen LogP contribution in [0.25, 0.3) is 0 Å². The van der Waals surface area contributed by atoms with E-state index in [9.17, 15) is 0 Å². The average Bonchev–Trinajstić information content (AvgIpc) is 3.24. The molecule has 1 unspecified atom stereocenters. The molecule has 0 aromatic rings. The number of rotatable bonds is 13. The predicted octanol–water partition coefficient (Wildman–Crippen LogP) is 3.24. The van der Waals surface area contributed by atoms with Crippen LogP contribution in [0.4, 0.5) is 0 Å². The molecule has 114 valence electrons. The van der Waals surface area contributed by atoms with E-state index in [1.54, 1.807) is 7.11 Å². The summed E-state index contributed by atoms with van der Waals surface area (Å²) in [5, 5.41) is 3.54. The van der Waals surface area contributed by atoms with E-state index in [1.165, 1.54) is 38.5 Å². The van der Waals surface area contributed by atoms with Crippen LogP contribution in [-0.2, 0) is 9.47 Å². The number of unbranched alkanes of at least 4 members (excludes halogenated alkanes) is 1. The van der Waals surface area contributed by atoms with E-state index in [-0.39, 0.29) is 0 Å². The van der Waals surface area contributed by atoms with Gasteiger partial charge in [-0.15, -0.1) is 0 Å². The number of ether oxygens (including phenoxy) is 2. The first-order chi connectivity index (χ1) is 9.26. The molecule has 1 atom stereocenters. The lowest BCUT2D eigenvalue weighted by Gasteiger charge is -2.33. The molecule has 0 aliphatic heterocycles. The van der Waals surface area contributed by atoms with E-state index in [2.05, 4.69) is 19.2 Å². The van der Waals surface area contributed by atoms with Gasteiger partial charge >= 0.3 is 0 Å². The predicted molar refractivity (Wildman–Crippen MR) is 80.5 cm³/mol. The van der Waals surface area contributed by atoms with Crippen LogP contribution in [0.15, 0.2) is 0 Å². The summed E-state index contributed by atoms with van der Waals surface area (Å²) in [6.45, 7) is 9.24. The molecule has 0 spiro atoms. The smallest absolute Gasteiger partial charge is 0.0587 e. The molecule has 0 bridgehead atoms. The highest BCUT2D eigenvalue weighted by atomic mass is 16.5. The zero-order valence-corrected chi connectivity index (χ0v) is 13.2. The van der Waals surface area contributed by atoms with Crippen molar-refractivity contribution in [3.8, 4) is 0 Å². The molecule has 0 saturated heterocycles. The molecule has 0 heterocycles. The lowest BCUT2D eigenvalue weighted by molar-refractivity contribution is 0.0276. The SMILES string of the molecule is CCCCC(CC)(CNCCOC)COCC1CC1. The fourth-order valence-electron chi connectivity index (χ4n) is 2.42. The summed E-state index contributed by atoms with van der Waals surface area (Å²) in [5.74, 6) is 0.863. The second kappa shape index (κ2) is 9.73. The van der Waals surface area contributed by atoms with Crippen molar-refractivity contribution >= 4 is 0 Å². The van der Waals surface area contributed by atoms with E-state index >= 15 is 0 Å². The van der Waals surface area contributed by atoms with Crippen LogP contribution in [0.5, 0.6) is 0 Å². The Hall–Kier alpha value is -0.120. The zero-order chi connectivity index (χ0) is 14.0. The summed E-state index contributed by atoms with van der Waals surface area (Å²) in [4.78, 5) is 0. The Bertz CT molecular complexity index is 219. The third kappa shape index (κ3) is 7.28. The third-order valence-electron chi connectivity index (χ3n) is 4.25. The number of methoxy groups -OCH3 is 1. The van der Waals surface area contributed by atoms with Crippen molar-refractivity contribution in [2.45, 2.75) is 52.4 Å². The van der Waals surface area contributed by atoms with Crippen LogP contribution in [0.1, 0.15) is 52.4 Å². The zero-order valence-electron chi connectivity index (χ0n) is 13.2. The van der Waals surface area contributed by atoms with Gasteiger partial charge in [-0.05, 0) is 31.6 Å². The summed E-state index contributed by atoms with van der Waals surface area (Å²) < 4.78 is 11.1. The van der Waals surface area contributed by atoms with Gasteiger partial charge < -0.3 is 14.8 Å². The van der Waals surface area contributed by atoms with Gasteiger partial charge in [0.2, 0.25) is 0 Å². The van der Waals surface area contributed by atoms with Gasteiger partial charge in [0, 0.05) is 32.2 Å². The molecular weight excluding hydrogens is 238 g/mol.